The van der Waals surface area contributed by atoms with E-state index in [1.165, 1.54) is 37.5 Å². The van der Waals surface area contributed by atoms with E-state index in [1.54, 1.807) is 12.1 Å². The lowest BCUT2D eigenvalue weighted by molar-refractivity contribution is -0.384. The summed E-state index contributed by atoms with van der Waals surface area (Å²) < 4.78 is 11.6. The Morgan fingerprint density at radius 3 is 2.75 bits per heavy atom. The number of anilines is 1. The number of amides is 1. The molecule has 0 radical (unpaired) electrons. The molecule has 0 saturated carbocycles. The van der Waals surface area contributed by atoms with Gasteiger partial charge >= 0.3 is 0 Å². The Kier molecular flexibility index (Phi) is 7.34. The number of nitro benzene ring substituents is 1. The minimum absolute atomic E-state index is 0.157. The molecule has 28 heavy (non-hydrogen) atoms. The number of nitro groups is 1. The van der Waals surface area contributed by atoms with Crippen molar-refractivity contribution in [2.45, 2.75) is 6.92 Å². The van der Waals surface area contributed by atoms with E-state index >= 15 is 0 Å². The number of carbonyl (C=O) groups excluding carboxylic acids is 1. The van der Waals surface area contributed by atoms with Crippen molar-refractivity contribution in [3.05, 3.63) is 61.2 Å². The number of nitrogens with zero attached hydrogens (tertiary/aromatic N) is 2. The summed E-state index contributed by atoms with van der Waals surface area (Å²) in [5, 5.41) is 22.7. The van der Waals surface area contributed by atoms with Crippen LogP contribution >= 0.6 is 22.6 Å². The molecule has 0 aliphatic rings. The molecule has 9 heteroatoms. The van der Waals surface area contributed by atoms with Crippen LogP contribution in [0.3, 0.4) is 0 Å². The Labute approximate surface area is 175 Å². The molecule has 0 bridgehead atoms. The first-order chi connectivity index (χ1) is 13.4. The van der Waals surface area contributed by atoms with Crippen molar-refractivity contribution in [1.82, 2.24) is 0 Å². The normalized spacial score (nSPS) is 10.7. The average Bonchev–Trinajstić information content (AvgIpc) is 2.66. The molecule has 0 atom stereocenters. The van der Waals surface area contributed by atoms with E-state index in [0.717, 1.165) is 3.57 Å². The van der Waals surface area contributed by atoms with Gasteiger partial charge in [0.2, 0.25) is 0 Å². The highest BCUT2D eigenvalue weighted by Crippen LogP contribution is 2.34. The van der Waals surface area contributed by atoms with Gasteiger partial charge in [-0.2, -0.15) is 5.26 Å². The zero-order chi connectivity index (χ0) is 20.7. The Bertz CT molecular complexity index is 982. The van der Waals surface area contributed by atoms with Gasteiger partial charge in [0, 0.05) is 17.8 Å². The summed E-state index contributed by atoms with van der Waals surface area (Å²) in [4.78, 5) is 22.7. The zero-order valence-corrected chi connectivity index (χ0v) is 17.2. The molecule has 0 fully saturated rings. The SMILES string of the molecule is CCOc1cc(/C=C(\C#N)C(=O)Nc2cccc([N+](=O)[O-])c2)cc(I)c1OC. The van der Waals surface area contributed by atoms with Crippen LogP contribution in [0.15, 0.2) is 42.0 Å². The number of halogens is 1. The fourth-order valence-corrected chi connectivity index (χ4v) is 3.19. The first-order valence-corrected chi connectivity index (χ1v) is 9.15. The molecule has 0 spiro atoms. The van der Waals surface area contributed by atoms with Gasteiger partial charge in [-0.1, -0.05) is 6.07 Å². The highest BCUT2D eigenvalue weighted by atomic mass is 127. The lowest BCUT2D eigenvalue weighted by Gasteiger charge is -2.12. The lowest BCUT2D eigenvalue weighted by Crippen LogP contribution is -2.13. The number of hydrogen-bond donors (Lipinski definition) is 1. The second-order valence-corrected chi connectivity index (χ2v) is 6.56. The van der Waals surface area contributed by atoms with Gasteiger partial charge in [-0.3, -0.25) is 14.9 Å². The molecule has 0 aliphatic heterocycles. The summed E-state index contributed by atoms with van der Waals surface area (Å²) in [5.41, 5.74) is 0.486. The summed E-state index contributed by atoms with van der Waals surface area (Å²) in [6, 6.07) is 10.7. The van der Waals surface area contributed by atoms with Crippen LogP contribution in [-0.2, 0) is 4.79 Å². The Hall–Kier alpha value is -3.13. The van der Waals surface area contributed by atoms with Crippen LogP contribution in [0.5, 0.6) is 11.5 Å². The third-order valence-electron chi connectivity index (χ3n) is 3.53. The molecule has 0 saturated heterocycles. The second-order valence-electron chi connectivity index (χ2n) is 5.40. The molecule has 0 heterocycles. The summed E-state index contributed by atoms with van der Waals surface area (Å²) in [6.45, 7) is 2.26. The van der Waals surface area contributed by atoms with Gasteiger partial charge in [0.1, 0.15) is 11.6 Å². The van der Waals surface area contributed by atoms with Crippen LogP contribution in [0.4, 0.5) is 11.4 Å². The average molecular weight is 493 g/mol. The van der Waals surface area contributed by atoms with E-state index in [1.807, 2.05) is 13.0 Å². The molecule has 1 N–H and O–H groups in total. The molecule has 2 aromatic rings. The van der Waals surface area contributed by atoms with E-state index in [4.69, 9.17) is 9.47 Å². The molecule has 2 rings (SSSR count). The van der Waals surface area contributed by atoms with Crippen LogP contribution < -0.4 is 14.8 Å². The maximum atomic E-state index is 12.4. The van der Waals surface area contributed by atoms with Gasteiger partial charge in [-0.25, -0.2) is 0 Å². The van der Waals surface area contributed by atoms with Gasteiger partial charge < -0.3 is 14.8 Å². The second kappa shape index (κ2) is 9.70. The van der Waals surface area contributed by atoms with E-state index in [-0.39, 0.29) is 16.9 Å². The molecular weight excluding hydrogens is 477 g/mol. The van der Waals surface area contributed by atoms with Crippen LogP contribution in [0.1, 0.15) is 12.5 Å². The van der Waals surface area contributed by atoms with Crippen molar-refractivity contribution < 1.29 is 19.2 Å². The Balaban J connectivity index is 2.33. The molecule has 0 unspecified atom stereocenters. The number of benzene rings is 2. The van der Waals surface area contributed by atoms with Crippen molar-refractivity contribution >= 4 is 45.9 Å². The van der Waals surface area contributed by atoms with Gasteiger partial charge in [0.25, 0.3) is 11.6 Å². The number of ether oxygens (including phenoxy) is 2. The molecule has 0 aromatic heterocycles. The Morgan fingerprint density at radius 1 is 1.39 bits per heavy atom. The highest BCUT2D eigenvalue weighted by molar-refractivity contribution is 14.1. The van der Waals surface area contributed by atoms with Crippen LogP contribution in [0, 0.1) is 25.0 Å². The molecule has 0 aliphatic carbocycles. The van der Waals surface area contributed by atoms with Gasteiger partial charge in [0.05, 0.1) is 22.2 Å². The number of methoxy groups -OCH3 is 1. The van der Waals surface area contributed by atoms with Crippen LogP contribution in [0.25, 0.3) is 6.08 Å². The van der Waals surface area contributed by atoms with Gasteiger partial charge in [0.15, 0.2) is 11.5 Å². The fraction of sp³-hybridized carbons (Fsp3) is 0.158. The first-order valence-electron chi connectivity index (χ1n) is 8.07. The molecule has 8 nitrogen and oxygen atoms in total. The van der Waals surface area contributed by atoms with Crippen molar-refractivity contribution in [2.24, 2.45) is 0 Å². The number of nitriles is 1. The standard InChI is InChI=1S/C19H16IN3O5/c1-3-28-17-9-12(8-16(20)18(17)27-2)7-13(11-21)19(24)22-14-5-4-6-15(10-14)23(25)26/h4-10H,3H2,1-2H3,(H,22,24)/b13-7+. The maximum Gasteiger partial charge on any atom is 0.271 e. The number of rotatable bonds is 7. The fourth-order valence-electron chi connectivity index (χ4n) is 2.34. The maximum absolute atomic E-state index is 12.4. The van der Waals surface area contributed by atoms with Crippen LogP contribution in [-0.4, -0.2) is 24.5 Å². The molecule has 144 valence electrons. The summed E-state index contributed by atoms with van der Waals surface area (Å²) in [7, 11) is 1.53. The number of hydrogen-bond acceptors (Lipinski definition) is 6. The van der Waals surface area contributed by atoms with Crippen molar-refractivity contribution in [2.75, 3.05) is 19.0 Å². The van der Waals surface area contributed by atoms with Gasteiger partial charge in [-0.15, -0.1) is 0 Å². The predicted molar refractivity (Wildman–Crippen MR) is 112 cm³/mol. The molecular formula is C19H16IN3O5. The quantitative estimate of drug-likeness (QED) is 0.204. The summed E-state index contributed by atoms with van der Waals surface area (Å²) >= 11 is 2.07. The third-order valence-corrected chi connectivity index (χ3v) is 4.33. The van der Waals surface area contributed by atoms with E-state index in [2.05, 4.69) is 27.9 Å². The Morgan fingerprint density at radius 2 is 2.14 bits per heavy atom. The molecule has 1 amide bonds. The highest BCUT2D eigenvalue weighted by Gasteiger charge is 2.14. The number of non-ortho nitro benzene ring substituents is 1. The third kappa shape index (κ3) is 5.20. The van der Waals surface area contributed by atoms with Crippen molar-refractivity contribution in [3.8, 4) is 17.6 Å². The lowest BCUT2D eigenvalue weighted by atomic mass is 10.1. The smallest absolute Gasteiger partial charge is 0.271 e. The summed E-state index contributed by atoms with van der Waals surface area (Å²) in [6.07, 6.45) is 1.41. The monoisotopic (exact) mass is 493 g/mol. The summed E-state index contributed by atoms with van der Waals surface area (Å²) in [5.74, 6) is 0.394. The largest absolute Gasteiger partial charge is 0.492 e. The zero-order valence-electron chi connectivity index (χ0n) is 15.1. The minimum Gasteiger partial charge on any atom is -0.492 e. The number of carbonyl (C=O) groups is 1. The van der Waals surface area contributed by atoms with Crippen molar-refractivity contribution in [3.63, 3.8) is 0 Å². The predicted octanol–water partition coefficient (Wildman–Crippen LogP) is 4.15. The minimum atomic E-state index is -0.674. The van der Waals surface area contributed by atoms with E-state index in [0.29, 0.717) is 23.7 Å². The van der Waals surface area contributed by atoms with E-state index < -0.39 is 10.8 Å². The van der Waals surface area contributed by atoms with Crippen LogP contribution in [0.2, 0.25) is 0 Å². The van der Waals surface area contributed by atoms with Gasteiger partial charge in [-0.05, 0) is 59.4 Å². The topological polar surface area (TPSA) is 114 Å². The van der Waals surface area contributed by atoms with E-state index in [9.17, 15) is 20.2 Å². The van der Waals surface area contributed by atoms with Crippen molar-refractivity contribution in [1.29, 1.82) is 5.26 Å². The molecule has 2 aromatic carbocycles. The number of nitrogens with one attached hydrogen (secondary N) is 1. The first kappa shape index (κ1) is 21.2.